The van der Waals surface area contributed by atoms with E-state index < -0.39 is 155 Å². The summed E-state index contributed by atoms with van der Waals surface area (Å²) < 4.78 is 0. The van der Waals surface area contributed by atoms with Crippen molar-refractivity contribution in [1.82, 2.24) is 60.5 Å². The molecule has 0 spiro atoms. The second-order valence-electron chi connectivity index (χ2n) is 28.2. The standard InChI is InChI=1S/C66H122N12O12S/c1-27-29-30-43(15)54(79)53-58(83)69-46(28-2)60(85)78(26)66(91-32-31-71(18)19)65(90)73(21)48(34-38(5)6)57(82)70-51(41(11)12)63(88)72(20)47(33-37(3)4)56(81)67-44(16)55(80)68-45(17)59(84)74(22)49(35-39(7)8)61(86)75(23)50(36-40(9)10)62(87)76(24)52(42(13)14)64(89)77(53)25/h37-54,66,79H,27-36H2,1-26H3,(H,67,81)(H,68,80)(H,69,83)(H,70,82)/t43-,44+,45-,46+,47+,48+,49+,50+,51+,52+,53+,54-,66-/m1/s1. The van der Waals surface area contributed by atoms with E-state index in [1.807, 2.05) is 81.3 Å². The summed E-state index contributed by atoms with van der Waals surface area (Å²) in [6.07, 6.45) is 1.10. The number of unbranched alkanes of at least 4 members (excludes halogenated alkanes) is 1. The van der Waals surface area contributed by atoms with Crippen LogP contribution in [0, 0.1) is 41.4 Å². The maximum atomic E-state index is 15.3. The van der Waals surface area contributed by atoms with Crippen LogP contribution < -0.4 is 21.3 Å². The van der Waals surface area contributed by atoms with E-state index >= 15 is 28.8 Å². The Morgan fingerprint density at radius 3 is 1.31 bits per heavy atom. The number of carbonyl (C=O) groups excluding carboxylic acids is 11. The predicted molar refractivity (Wildman–Crippen MR) is 358 cm³/mol. The number of aliphatic hydroxyl groups is 1. The molecule has 0 bridgehead atoms. The van der Waals surface area contributed by atoms with Crippen LogP contribution in [0.3, 0.4) is 0 Å². The molecule has 0 aromatic heterocycles. The van der Waals surface area contributed by atoms with Gasteiger partial charge in [-0.2, -0.15) is 0 Å². The van der Waals surface area contributed by atoms with Crippen molar-refractivity contribution in [2.45, 2.75) is 241 Å². The molecular weight excluding hydrogens is 1180 g/mol. The van der Waals surface area contributed by atoms with Crippen molar-refractivity contribution in [3.63, 3.8) is 0 Å². The molecule has 91 heavy (non-hydrogen) atoms. The van der Waals surface area contributed by atoms with Gasteiger partial charge in [0.05, 0.1) is 6.10 Å². The van der Waals surface area contributed by atoms with Crippen LogP contribution in [0.2, 0.25) is 0 Å². The Morgan fingerprint density at radius 2 is 0.868 bits per heavy atom. The summed E-state index contributed by atoms with van der Waals surface area (Å²) in [6.45, 7) is 30.8. The highest BCUT2D eigenvalue weighted by atomic mass is 32.2. The third-order valence-electron chi connectivity index (χ3n) is 17.3. The molecule has 0 aromatic rings. The average molecular weight is 1310 g/mol. The minimum atomic E-state index is -1.60. The lowest BCUT2D eigenvalue weighted by Crippen LogP contribution is -2.64. The molecule has 25 heteroatoms. The minimum absolute atomic E-state index is 0.0153. The Bertz CT molecular complexity index is 2430. The first-order valence-corrected chi connectivity index (χ1v) is 34.1. The first-order chi connectivity index (χ1) is 42.0. The van der Waals surface area contributed by atoms with Crippen LogP contribution >= 0.6 is 11.8 Å². The molecule has 0 saturated carbocycles. The van der Waals surface area contributed by atoms with E-state index in [1.165, 1.54) is 92.6 Å². The van der Waals surface area contributed by atoms with E-state index in [-0.39, 0.29) is 55.8 Å². The molecule has 24 nitrogen and oxygen atoms in total. The molecule has 1 aliphatic rings. The molecule has 5 N–H and O–H groups in total. The summed E-state index contributed by atoms with van der Waals surface area (Å²) in [6, 6.07) is -12.4. The Labute approximate surface area is 550 Å². The van der Waals surface area contributed by atoms with E-state index in [2.05, 4.69) is 21.3 Å². The number of hydrogen-bond acceptors (Lipinski definition) is 14. The zero-order valence-electron chi connectivity index (χ0n) is 60.5. The van der Waals surface area contributed by atoms with Crippen molar-refractivity contribution in [2.24, 2.45) is 41.4 Å². The van der Waals surface area contributed by atoms with Gasteiger partial charge in [-0.15, -0.1) is 11.8 Å². The lowest BCUT2D eigenvalue weighted by Gasteiger charge is -2.41. The van der Waals surface area contributed by atoms with Gasteiger partial charge in [-0.05, 0) is 108 Å². The fourth-order valence-corrected chi connectivity index (χ4v) is 12.8. The highest BCUT2D eigenvalue weighted by molar-refractivity contribution is 8.00. The van der Waals surface area contributed by atoms with Crippen molar-refractivity contribution < 1.29 is 57.8 Å². The number of aliphatic hydroxyl groups excluding tert-OH is 1. The zero-order valence-corrected chi connectivity index (χ0v) is 61.3. The van der Waals surface area contributed by atoms with Crippen LogP contribution in [0.15, 0.2) is 0 Å². The number of rotatable bonds is 20. The molecule has 0 aliphatic carbocycles. The van der Waals surface area contributed by atoms with Crippen LogP contribution in [0.1, 0.15) is 169 Å². The molecule has 1 saturated heterocycles. The Kier molecular flexibility index (Phi) is 35.4. The Hall–Kier alpha value is -5.56. The quantitative estimate of drug-likeness (QED) is 0.115. The van der Waals surface area contributed by atoms with Gasteiger partial charge >= 0.3 is 0 Å². The van der Waals surface area contributed by atoms with E-state index in [4.69, 9.17) is 0 Å². The SMILES string of the molecule is CCCC[C@@H](C)[C@@H](O)[C@H]1C(=O)N[C@@H](CC)C(=O)N(C)[C@H](SCCN(C)C)C(=O)N(C)[C@@H](CC(C)C)C(=O)N[C@@H](C(C)C)C(=O)N(C)[C@@H](CC(C)C)C(=O)N[C@@H](C)C(=O)N[C@H](C)C(=O)N(C)[C@@H](CC(C)C)C(=O)N(C)[C@@H](CC(C)C)C(=O)N(C)[C@@H](C(C)C)C(=O)N1C. The summed E-state index contributed by atoms with van der Waals surface area (Å²) >= 11 is 1.16. The number of likely N-dealkylation sites (N-methyl/N-ethyl adjacent to an activating group) is 7. The van der Waals surface area contributed by atoms with Gasteiger partial charge in [0, 0.05) is 61.6 Å². The topological polar surface area (TPSA) is 282 Å². The lowest BCUT2D eigenvalue weighted by atomic mass is 9.90. The predicted octanol–water partition coefficient (Wildman–Crippen LogP) is 4.11. The second-order valence-corrected chi connectivity index (χ2v) is 29.3. The molecule has 1 heterocycles. The number of amides is 11. The summed E-state index contributed by atoms with van der Waals surface area (Å²) in [7, 11) is 13.8. The van der Waals surface area contributed by atoms with Crippen LogP contribution in [0.5, 0.6) is 0 Å². The van der Waals surface area contributed by atoms with Crippen molar-refractivity contribution in [3.05, 3.63) is 0 Å². The fraction of sp³-hybridized carbons (Fsp3) is 0.833. The minimum Gasteiger partial charge on any atom is -0.390 e. The largest absolute Gasteiger partial charge is 0.390 e. The molecule has 13 atom stereocenters. The normalized spacial score (nSPS) is 26.7. The molecule has 1 rings (SSSR count). The first-order valence-electron chi connectivity index (χ1n) is 33.1. The average Bonchev–Trinajstić information content (AvgIpc) is 0.906. The van der Waals surface area contributed by atoms with E-state index in [9.17, 15) is 29.1 Å². The second kappa shape index (κ2) is 38.6. The molecule has 1 fully saturated rings. The fourth-order valence-electron chi connectivity index (χ4n) is 11.4. The van der Waals surface area contributed by atoms with Gasteiger partial charge in [-0.3, -0.25) is 52.7 Å². The molecule has 524 valence electrons. The molecule has 1 aliphatic heterocycles. The molecule has 0 radical (unpaired) electrons. The number of nitrogens with one attached hydrogen (secondary N) is 4. The first kappa shape index (κ1) is 83.5. The van der Waals surface area contributed by atoms with Gasteiger partial charge in [0.1, 0.15) is 60.4 Å². The van der Waals surface area contributed by atoms with Gasteiger partial charge in [-0.25, -0.2) is 0 Å². The van der Waals surface area contributed by atoms with Gasteiger partial charge in [0.25, 0.3) is 5.91 Å². The van der Waals surface area contributed by atoms with Crippen LogP contribution in [0.4, 0.5) is 0 Å². The molecule has 0 aromatic carbocycles. The number of hydrogen-bond donors (Lipinski definition) is 5. The Balaban J connectivity index is 4.51. The van der Waals surface area contributed by atoms with E-state index in [0.717, 1.165) is 23.1 Å². The van der Waals surface area contributed by atoms with Crippen molar-refractivity contribution >= 4 is 76.7 Å². The van der Waals surface area contributed by atoms with Crippen molar-refractivity contribution in [3.8, 4) is 0 Å². The maximum Gasteiger partial charge on any atom is 0.256 e. The van der Waals surface area contributed by atoms with Crippen LogP contribution in [-0.4, -0.2) is 257 Å². The third-order valence-corrected chi connectivity index (χ3v) is 18.5. The number of thioether (sulfide) groups is 1. The van der Waals surface area contributed by atoms with Crippen molar-refractivity contribution in [2.75, 3.05) is 75.7 Å². The monoisotopic (exact) mass is 1310 g/mol. The molecule has 0 unspecified atom stereocenters. The van der Waals surface area contributed by atoms with E-state index in [1.54, 1.807) is 41.5 Å². The molecule has 11 amide bonds. The maximum absolute atomic E-state index is 15.3. The summed E-state index contributed by atoms with van der Waals surface area (Å²) in [5.41, 5.74) is 0. The van der Waals surface area contributed by atoms with Gasteiger partial charge < -0.3 is 65.6 Å². The smallest absolute Gasteiger partial charge is 0.256 e. The number of nitrogens with zero attached hydrogens (tertiary/aromatic N) is 8. The van der Waals surface area contributed by atoms with Gasteiger partial charge in [0.15, 0.2) is 5.37 Å². The summed E-state index contributed by atoms with van der Waals surface area (Å²) in [5, 5.41) is 22.2. The van der Waals surface area contributed by atoms with Gasteiger partial charge in [-0.1, -0.05) is 117 Å². The number of carbonyl (C=O) groups is 11. The van der Waals surface area contributed by atoms with Crippen molar-refractivity contribution in [1.29, 1.82) is 0 Å². The molecular formula is C66H122N12O12S. The van der Waals surface area contributed by atoms with Crippen LogP contribution in [0.25, 0.3) is 0 Å². The summed E-state index contributed by atoms with van der Waals surface area (Å²) in [4.78, 5) is 174. The third kappa shape index (κ3) is 24.1. The van der Waals surface area contributed by atoms with E-state index in [0.29, 0.717) is 25.1 Å². The zero-order chi connectivity index (χ0) is 70.5. The highest BCUT2D eigenvalue weighted by Crippen LogP contribution is 2.27. The Morgan fingerprint density at radius 1 is 0.451 bits per heavy atom. The highest BCUT2D eigenvalue weighted by Gasteiger charge is 2.46. The lowest BCUT2D eigenvalue weighted by molar-refractivity contribution is -0.157. The summed E-state index contributed by atoms with van der Waals surface area (Å²) in [5.74, 6) is -9.24. The van der Waals surface area contributed by atoms with Gasteiger partial charge in [0.2, 0.25) is 59.1 Å². The van der Waals surface area contributed by atoms with Crippen LogP contribution in [-0.2, 0) is 52.7 Å².